The molecule has 0 saturated carbocycles. The molecule has 0 spiro atoms. The molecule has 13 heavy (non-hydrogen) atoms. The van der Waals surface area contributed by atoms with Crippen molar-refractivity contribution in [1.82, 2.24) is 0 Å². The largest absolute Gasteiger partial charge is 0.478 e. The Morgan fingerprint density at radius 1 is 1.46 bits per heavy atom. The van der Waals surface area contributed by atoms with Crippen molar-refractivity contribution in [3.05, 3.63) is 35.4 Å². The van der Waals surface area contributed by atoms with Gasteiger partial charge in [-0.3, -0.25) is 0 Å². The Balaban J connectivity index is 3.28. The predicted molar refractivity (Wildman–Crippen MR) is 37.2 cm³/mol. The van der Waals surface area contributed by atoms with Crippen molar-refractivity contribution in [2.75, 3.05) is 0 Å². The lowest BCUT2D eigenvalue weighted by molar-refractivity contribution is -0.138. The highest BCUT2D eigenvalue weighted by atomic mass is 19.4. The summed E-state index contributed by atoms with van der Waals surface area (Å²) in [4.78, 5) is 10.4. The van der Waals surface area contributed by atoms with Gasteiger partial charge in [0.05, 0.1) is 11.1 Å². The summed E-state index contributed by atoms with van der Waals surface area (Å²) in [6.45, 7) is 0. The zero-order valence-corrected chi connectivity index (χ0v) is 6.22. The van der Waals surface area contributed by atoms with Crippen LogP contribution in [0.3, 0.4) is 0 Å². The van der Waals surface area contributed by atoms with Crippen LogP contribution in [-0.4, -0.2) is 11.1 Å². The first-order chi connectivity index (χ1) is 5.93. The Morgan fingerprint density at radius 2 is 2.08 bits per heavy atom. The number of aromatic carboxylic acids is 1. The molecule has 0 atom stereocenters. The Hall–Kier alpha value is -1.52. The van der Waals surface area contributed by atoms with Crippen molar-refractivity contribution in [3.63, 3.8) is 0 Å². The normalized spacial score (nSPS) is 11.3. The number of carboxylic acid groups (broad SMARTS) is 1. The summed E-state index contributed by atoms with van der Waals surface area (Å²) >= 11 is 0. The van der Waals surface area contributed by atoms with Crippen molar-refractivity contribution in [3.8, 4) is 0 Å². The molecule has 0 aliphatic heterocycles. The summed E-state index contributed by atoms with van der Waals surface area (Å²) in [5, 5.41) is 8.42. The second-order valence-corrected chi connectivity index (χ2v) is 2.27. The second kappa shape index (κ2) is 3.08. The lowest BCUT2D eigenvalue weighted by Gasteiger charge is -2.08. The monoisotopic (exact) mass is 189 g/mol. The van der Waals surface area contributed by atoms with Gasteiger partial charge in [-0.15, -0.1) is 0 Å². The first kappa shape index (κ1) is 9.57. The quantitative estimate of drug-likeness (QED) is 0.735. The van der Waals surface area contributed by atoms with Crippen LogP contribution < -0.4 is 0 Å². The van der Waals surface area contributed by atoms with Crippen molar-refractivity contribution >= 4 is 5.97 Å². The summed E-state index contributed by atoms with van der Waals surface area (Å²) in [5.41, 5.74) is -1.94. The van der Waals surface area contributed by atoms with E-state index in [1.807, 2.05) is 0 Å². The average molecular weight is 189 g/mol. The van der Waals surface area contributed by atoms with Crippen LogP contribution in [0.15, 0.2) is 18.2 Å². The van der Waals surface area contributed by atoms with E-state index < -0.39 is 23.3 Å². The fourth-order valence-corrected chi connectivity index (χ4v) is 0.851. The highest BCUT2D eigenvalue weighted by Crippen LogP contribution is 2.31. The fraction of sp³-hybridized carbons (Fsp3) is 0.125. The lowest BCUT2D eigenvalue weighted by atomic mass is 10.1. The molecule has 0 saturated heterocycles. The van der Waals surface area contributed by atoms with Gasteiger partial charge < -0.3 is 5.11 Å². The number of carbonyl (C=O) groups is 1. The van der Waals surface area contributed by atoms with Crippen LogP contribution >= 0.6 is 0 Å². The summed E-state index contributed by atoms with van der Waals surface area (Å²) in [6.07, 6.45) is -4.65. The molecule has 0 heterocycles. The van der Waals surface area contributed by atoms with Gasteiger partial charge in [-0.25, -0.2) is 4.79 Å². The molecule has 1 aromatic rings. The van der Waals surface area contributed by atoms with Gasteiger partial charge in [-0.1, -0.05) is 6.07 Å². The number of alkyl halides is 3. The molecule has 1 radical (unpaired) electrons. The average Bonchev–Trinajstić information content (AvgIpc) is 2.03. The van der Waals surface area contributed by atoms with E-state index in [0.717, 1.165) is 12.1 Å². The summed E-state index contributed by atoms with van der Waals surface area (Å²) in [6, 6.07) is 4.78. The van der Waals surface area contributed by atoms with E-state index in [9.17, 15) is 18.0 Å². The van der Waals surface area contributed by atoms with Crippen LogP contribution in [0, 0.1) is 6.07 Å². The Bertz CT molecular complexity index is 330. The predicted octanol–water partition coefficient (Wildman–Crippen LogP) is 2.20. The van der Waals surface area contributed by atoms with E-state index >= 15 is 0 Å². The van der Waals surface area contributed by atoms with Crippen molar-refractivity contribution in [1.29, 1.82) is 0 Å². The smallest absolute Gasteiger partial charge is 0.417 e. The number of carboxylic acids is 1. The van der Waals surface area contributed by atoms with Gasteiger partial charge in [0, 0.05) is 0 Å². The standard InChI is InChI=1S/C8H4F3O2/c9-8(10,11)6-4-2-1-3-5(6)7(12)13/h1,3-4H,(H,12,13). The first-order valence-electron chi connectivity index (χ1n) is 3.23. The number of halogens is 3. The zero-order chi connectivity index (χ0) is 10.1. The molecule has 0 aromatic heterocycles. The third-order valence-electron chi connectivity index (χ3n) is 1.40. The SMILES string of the molecule is O=C(O)c1cc[c]cc1C(F)(F)F. The molecule has 0 unspecified atom stereocenters. The van der Waals surface area contributed by atoms with Crippen LogP contribution in [0.5, 0.6) is 0 Å². The second-order valence-electron chi connectivity index (χ2n) is 2.27. The van der Waals surface area contributed by atoms with E-state index in [-0.39, 0.29) is 0 Å². The fourth-order valence-electron chi connectivity index (χ4n) is 0.851. The molecule has 2 nitrogen and oxygen atoms in total. The Morgan fingerprint density at radius 3 is 2.46 bits per heavy atom. The molecule has 69 valence electrons. The molecule has 1 rings (SSSR count). The van der Waals surface area contributed by atoms with Crippen LogP contribution in [0.2, 0.25) is 0 Å². The van der Waals surface area contributed by atoms with Gasteiger partial charge in [-0.05, 0) is 18.2 Å². The molecule has 0 bridgehead atoms. The van der Waals surface area contributed by atoms with Gasteiger partial charge in [-0.2, -0.15) is 13.2 Å². The lowest BCUT2D eigenvalue weighted by Crippen LogP contribution is -2.12. The molecule has 0 fully saturated rings. The maximum atomic E-state index is 12.1. The third kappa shape index (κ3) is 1.99. The number of benzene rings is 1. The third-order valence-corrected chi connectivity index (χ3v) is 1.40. The van der Waals surface area contributed by atoms with Crippen molar-refractivity contribution in [2.24, 2.45) is 0 Å². The van der Waals surface area contributed by atoms with Crippen LogP contribution in [0.25, 0.3) is 0 Å². The molecule has 1 N–H and O–H groups in total. The van der Waals surface area contributed by atoms with E-state index in [1.54, 1.807) is 0 Å². The maximum Gasteiger partial charge on any atom is 0.417 e. The maximum absolute atomic E-state index is 12.1. The van der Waals surface area contributed by atoms with Gasteiger partial charge in [0.2, 0.25) is 0 Å². The van der Waals surface area contributed by atoms with Gasteiger partial charge >= 0.3 is 12.1 Å². The van der Waals surface area contributed by atoms with Crippen molar-refractivity contribution in [2.45, 2.75) is 6.18 Å². The van der Waals surface area contributed by atoms with Gasteiger partial charge in [0.1, 0.15) is 0 Å². The van der Waals surface area contributed by atoms with E-state index in [4.69, 9.17) is 5.11 Å². The minimum absolute atomic E-state index is 0.615. The molecular weight excluding hydrogens is 185 g/mol. The molecular formula is C8H4F3O2. The van der Waals surface area contributed by atoms with Gasteiger partial charge in [0.15, 0.2) is 0 Å². The molecule has 5 heteroatoms. The minimum Gasteiger partial charge on any atom is -0.478 e. The Labute approximate surface area is 71.6 Å². The molecule has 0 aliphatic carbocycles. The number of hydrogen-bond acceptors (Lipinski definition) is 1. The van der Waals surface area contributed by atoms with E-state index in [2.05, 4.69) is 6.07 Å². The van der Waals surface area contributed by atoms with Crippen LogP contribution in [0.4, 0.5) is 13.2 Å². The summed E-state index contributed by atoms with van der Waals surface area (Å²) in [5.74, 6) is -1.60. The van der Waals surface area contributed by atoms with E-state index in [0.29, 0.717) is 6.07 Å². The van der Waals surface area contributed by atoms with Crippen LogP contribution in [-0.2, 0) is 6.18 Å². The molecule has 0 amide bonds. The minimum atomic E-state index is -4.65. The summed E-state index contributed by atoms with van der Waals surface area (Å²) < 4.78 is 36.4. The molecule has 1 aromatic carbocycles. The number of hydrogen-bond donors (Lipinski definition) is 1. The van der Waals surface area contributed by atoms with Crippen molar-refractivity contribution < 1.29 is 23.1 Å². The van der Waals surface area contributed by atoms with Crippen LogP contribution in [0.1, 0.15) is 15.9 Å². The highest BCUT2D eigenvalue weighted by molar-refractivity contribution is 5.89. The zero-order valence-electron chi connectivity index (χ0n) is 6.22. The van der Waals surface area contributed by atoms with E-state index in [1.165, 1.54) is 0 Å². The topological polar surface area (TPSA) is 37.3 Å². The number of rotatable bonds is 1. The first-order valence-corrected chi connectivity index (χ1v) is 3.23. The Kier molecular flexibility index (Phi) is 2.27. The van der Waals surface area contributed by atoms with Gasteiger partial charge in [0.25, 0.3) is 0 Å². The molecule has 0 aliphatic rings. The highest BCUT2D eigenvalue weighted by Gasteiger charge is 2.34. The summed E-state index contributed by atoms with van der Waals surface area (Å²) in [7, 11) is 0.